The van der Waals surface area contributed by atoms with Gasteiger partial charge in [0.15, 0.2) is 0 Å². The van der Waals surface area contributed by atoms with Crippen LogP contribution >= 0.6 is 0 Å². The fourth-order valence-corrected chi connectivity index (χ4v) is 2.38. The number of nitrogens with zero attached hydrogens (tertiary/aromatic N) is 2. The van der Waals surface area contributed by atoms with Gasteiger partial charge in [0.25, 0.3) is 5.91 Å². The third kappa shape index (κ3) is 4.10. The minimum Gasteiger partial charge on any atom is -0.480 e. The number of allylic oxidation sites excluding steroid dienone is 1. The molecule has 6 heteroatoms. The fraction of sp³-hybridized carbons (Fsp3) is 0.278. The summed E-state index contributed by atoms with van der Waals surface area (Å²) in [4.78, 5) is 23.4. The number of aryl methyl sites for hydroxylation is 2. The van der Waals surface area contributed by atoms with E-state index in [0.717, 1.165) is 17.1 Å². The van der Waals surface area contributed by atoms with Crippen LogP contribution in [-0.2, 0) is 4.79 Å². The van der Waals surface area contributed by atoms with Gasteiger partial charge in [-0.15, -0.1) is 0 Å². The predicted molar refractivity (Wildman–Crippen MR) is 91.4 cm³/mol. The number of hydrogen-bond acceptors (Lipinski definition) is 3. The van der Waals surface area contributed by atoms with Crippen molar-refractivity contribution in [3.05, 3.63) is 59.4 Å². The summed E-state index contributed by atoms with van der Waals surface area (Å²) >= 11 is 0. The monoisotopic (exact) mass is 327 g/mol. The summed E-state index contributed by atoms with van der Waals surface area (Å²) in [6, 6.07) is 7.93. The Morgan fingerprint density at radius 3 is 2.46 bits per heavy atom. The third-order valence-corrected chi connectivity index (χ3v) is 3.59. The minimum absolute atomic E-state index is 0.251. The van der Waals surface area contributed by atoms with E-state index in [1.807, 2.05) is 19.9 Å². The van der Waals surface area contributed by atoms with Gasteiger partial charge in [0, 0.05) is 11.3 Å². The van der Waals surface area contributed by atoms with Crippen molar-refractivity contribution in [3.63, 3.8) is 0 Å². The molecule has 0 fully saturated rings. The number of rotatable bonds is 6. The van der Waals surface area contributed by atoms with E-state index in [0.29, 0.717) is 5.56 Å². The lowest BCUT2D eigenvalue weighted by molar-refractivity contribution is -0.139. The summed E-state index contributed by atoms with van der Waals surface area (Å²) in [5, 5.41) is 16.1. The molecule has 1 aromatic heterocycles. The molecule has 1 heterocycles. The van der Waals surface area contributed by atoms with Crippen molar-refractivity contribution < 1.29 is 14.7 Å². The molecule has 0 aliphatic heterocycles. The number of carbonyl (C=O) groups is 2. The molecule has 0 spiro atoms. The number of aromatic nitrogens is 2. The Morgan fingerprint density at radius 2 is 1.96 bits per heavy atom. The second kappa shape index (κ2) is 7.59. The molecular weight excluding hydrogens is 306 g/mol. The molecule has 6 nitrogen and oxygen atoms in total. The molecule has 1 amide bonds. The molecule has 24 heavy (non-hydrogen) atoms. The summed E-state index contributed by atoms with van der Waals surface area (Å²) in [6.45, 7) is 5.68. The van der Waals surface area contributed by atoms with Crippen LogP contribution < -0.4 is 5.32 Å². The maximum Gasteiger partial charge on any atom is 0.326 e. The summed E-state index contributed by atoms with van der Waals surface area (Å²) in [5.74, 6) is -1.47. The number of benzene rings is 1. The van der Waals surface area contributed by atoms with Gasteiger partial charge >= 0.3 is 5.97 Å². The Morgan fingerprint density at radius 1 is 1.29 bits per heavy atom. The molecule has 0 radical (unpaired) electrons. The average molecular weight is 327 g/mol. The number of nitrogens with one attached hydrogen (secondary N) is 1. The molecule has 0 saturated carbocycles. The largest absolute Gasteiger partial charge is 0.480 e. The molecule has 0 bridgehead atoms. The van der Waals surface area contributed by atoms with Gasteiger partial charge in [0.1, 0.15) is 6.04 Å². The minimum atomic E-state index is -1.05. The highest BCUT2D eigenvalue weighted by Gasteiger charge is 2.19. The zero-order valence-electron chi connectivity index (χ0n) is 14.0. The smallest absolute Gasteiger partial charge is 0.326 e. The third-order valence-electron chi connectivity index (χ3n) is 3.59. The van der Waals surface area contributed by atoms with Crippen molar-refractivity contribution >= 4 is 11.9 Å². The van der Waals surface area contributed by atoms with Crippen molar-refractivity contribution in [2.24, 2.45) is 0 Å². The highest BCUT2D eigenvalue weighted by molar-refractivity contribution is 5.96. The van der Waals surface area contributed by atoms with Crippen LogP contribution in [0.25, 0.3) is 5.69 Å². The van der Waals surface area contributed by atoms with Gasteiger partial charge in [0.05, 0.1) is 11.4 Å². The number of amides is 1. The van der Waals surface area contributed by atoms with Crippen molar-refractivity contribution in [3.8, 4) is 5.69 Å². The Hall–Kier alpha value is -2.89. The molecule has 0 aliphatic carbocycles. The number of carboxylic acid groups (broad SMARTS) is 1. The number of carboxylic acids is 1. The Kier molecular flexibility index (Phi) is 5.52. The summed E-state index contributed by atoms with van der Waals surface area (Å²) in [6.07, 6.45) is 3.72. The van der Waals surface area contributed by atoms with E-state index in [-0.39, 0.29) is 6.42 Å². The molecule has 0 saturated heterocycles. The standard InChI is InChI=1S/C18H21N3O3/c1-4-5-6-16(18(23)24)19-17(22)14-7-9-15(10-8-14)21-13(3)11-12(2)20-21/h4-5,7-11,16H,6H2,1-3H3,(H,19,22)(H,23,24)/b5-4+. The molecule has 2 rings (SSSR count). The van der Waals surface area contributed by atoms with Crippen LogP contribution in [0.15, 0.2) is 42.5 Å². The van der Waals surface area contributed by atoms with Crippen LogP contribution in [0.4, 0.5) is 0 Å². The molecule has 0 aliphatic rings. The van der Waals surface area contributed by atoms with E-state index in [2.05, 4.69) is 10.4 Å². The lowest BCUT2D eigenvalue weighted by Crippen LogP contribution is -2.40. The highest BCUT2D eigenvalue weighted by Crippen LogP contribution is 2.13. The van der Waals surface area contributed by atoms with E-state index < -0.39 is 17.9 Å². The maximum absolute atomic E-state index is 12.2. The second-order valence-electron chi connectivity index (χ2n) is 5.55. The fourth-order valence-electron chi connectivity index (χ4n) is 2.38. The van der Waals surface area contributed by atoms with Gasteiger partial charge in [-0.05, 0) is 57.5 Å². The molecule has 2 N–H and O–H groups in total. The number of carbonyl (C=O) groups excluding carboxylic acids is 1. The Labute approximate surface area is 140 Å². The molecular formula is C18H21N3O3. The van der Waals surface area contributed by atoms with Crippen molar-refractivity contribution in [2.45, 2.75) is 33.2 Å². The van der Waals surface area contributed by atoms with Crippen LogP contribution in [0.1, 0.15) is 35.1 Å². The van der Waals surface area contributed by atoms with Gasteiger partial charge in [-0.2, -0.15) is 5.10 Å². The van der Waals surface area contributed by atoms with Gasteiger partial charge < -0.3 is 10.4 Å². The van der Waals surface area contributed by atoms with Gasteiger partial charge in [-0.3, -0.25) is 4.79 Å². The first-order valence-electron chi connectivity index (χ1n) is 7.71. The van der Waals surface area contributed by atoms with Crippen LogP contribution in [-0.4, -0.2) is 32.8 Å². The first kappa shape index (κ1) is 17.5. The normalized spacial score (nSPS) is 12.3. The van der Waals surface area contributed by atoms with E-state index in [1.165, 1.54) is 0 Å². The predicted octanol–water partition coefficient (Wildman–Crippen LogP) is 2.64. The van der Waals surface area contributed by atoms with Crippen LogP contribution in [0, 0.1) is 13.8 Å². The van der Waals surface area contributed by atoms with Crippen molar-refractivity contribution in [1.82, 2.24) is 15.1 Å². The first-order chi connectivity index (χ1) is 11.4. The summed E-state index contributed by atoms with van der Waals surface area (Å²) < 4.78 is 1.79. The van der Waals surface area contributed by atoms with Crippen LogP contribution in [0.3, 0.4) is 0 Å². The summed E-state index contributed by atoms with van der Waals surface area (Å²) in [7, 11) is 0. The van der Waals surface area contributed by atoms with Gasteiger partial charge in [0.2, 0.25) is 0 Å². The SMILES string of the molecule is C/C=C/CC(NC(=O)c1ccc(-n2nc(C)cc2C)cc1)C(=O)O. The van der Waals surface area contributed by atoms with Crippen molar-refractivity contribution in [2.75, 3.05) is 0 Å². The summed E-state index contributed by atoms with van der Waals surface area (Å²) in [5.41, 5.74) is 3.18. The lowest BCUT2D eigenvalue weighted by atomic mass is 10.1. The molecule has 126 valence electrons. The van der Waals surface area contributed by atoms with Gasteiger partial charge in [-0.25, -0.2) is 9.48 Å². The molecule has 1 aromatic carbocycles. The molecule has 2 aromatic rings. The average Bonchev–Trinajstić information content (AvgIpc) is 2.89. The van der Waals surface area contributed by atoms with E-state index >= 15 is 0 Å². The number of aliphatic carboxylic acids is 1. The van der Waals surface area contributed by atoms with E-state index in [4.69, 9.17) is 5.11 Å². The van der Waals surface area contributed by atoms with E-state index in [1.54, 1.807) is 48.0 Å². The lowest BCUT2D eigenvalue weighted by Gasteiger charge is -2.13. The van der Waals surface area contributed by atoms with Crippen LogP contribution in [0.5, 0.6) is 0 Å². The number of hydrogen-bond donors (Lipinski definition) is 2. The zero-order chi connectivity index (χ0) is 17.7. The van der Waals surface area contributed by atoms with E-state index in [9.17, 15) is 9.59 Å². The molecule has 1 unspecified atom stereocenters. The Bertz CT molecular complexity index is 760. The topological polar surface area (TPSA) is 84.2 Å². The molecule has 1 atom stereocenters. The maximum atomic E-state index is 12.2. The Balaban J connectivity index is 2.13. The van der Waals surface area contributed by atoms with Crippen LogP contribution in [0.2, 0.25) is 0 Å². The second-order valence-corrected chi connectivity index (χ2v) is 5.55. The zero-order valence-corrected chi connectivity index (χ0v) is 14.0. The van der Waals surface area contributed by atoms with Crippen molar-refractivity contribution in [1.29, 1.82) is 0 Å². The first-order valence-corrected chi connectivity index (χ1v) is 7.71. The quantitative estimate of drug-likeness (QED) is 0.799. The van der Waals surface area contributed by atoms with Gasteiger partial charge in [-0.1, -0.05) is 12.2 Å². The highest BCUT2D eigenvalue weighted by atomic mass is 16.4.